The highest BCUT2D eigenvalue weighted by molar-refractivity contribution is 5.99. The van der Waals surface area contributed by atoms with Crippen molar-refractivity contribution in [2.45, 2.75) is 33.1 Å². The summed E-state index contributed by atoms with van der Waals surface area (Å²) in [6, 6.07) is 0. The van der Waals surface area contributed by atoms with Crippen LogP contribution in [0.5, 0.6) is 11.5 Å². The fourth-order valence-corrected chi connectivity index (χ4v) is 3.04. The summed E-state index contributed by atoms with van der Waals surface area (Å²) in [7, 11) is 2.37. The number of hydrogen-bond acceptors (Lipinski definition) is 11. The third-order valence-corrected chi connectivity index (χ3v) is 4.78. The Kier molecular flexibility index (Phi) is 12.2. The molecule has 0 amide bonds. The van der Waals surface area contributed by atoms with Crippen molar-refractivity contribution in [3.63, 3.8) is 0 Å². The van der Waals surface area contributed by atoms with Crippen LogP contribution in [-0.2, 0) is 12.8 Å². The van der Waals surface area contributed by atoms with E-state index < -0.39 is 58.7 Å². The maximum atomic E-state index is 10.7. The number of aromatic carboxylic acids is 6. The molecule has 0 aliphatic carbocycles. The highest BCUT2D eigenvalue weighted by Gasteiger charge is 2.30. The normalized spacial score (nSPS) is 9.90. The van der Waals surface area contributed by atoms with Gasteiger partial charge < -0.3 is 54.5 Å². The Labute approximate surface area is 234 Å². The number of carbonyl (C=O) groups is 6. The zero-order valence-electron chi connectivity index (χ0n) is 22.4. The molecule has 42 heavy (non-hydrogen) atoms. The minimum absolute atomic E-state index is 0.248. The molecule has 0 aromatic carbocycles. The van der Waals surface area contributed by atoms with Crippen molar-refractivity contribution >= 4 is 35.8 Å². The van der Waals surface area contributed by atoms with Crippen LogP contribution in [-0.4, -0.2) is 101 Å². The predicted octanol–water partition coefficient (Wildman–Crippen LogP) is 1.82. The first kappa shape index (κ1) is 34.1. The Bertz CT molecular complexity index is 1380. The van der Waals surface area contributed by atoms with E-state index in [1.165, 1.54) is 14.2 Å². The lowest BCUT2D eigenvalue weighted by Gasteiger charge is -2.00. The molecule has 0 radical (unpaired) electrons. The molecule has 0 fully saturated rings. The van der Waals surface area contributed by atoms with Crippen molar-refractivity contribution in [1.82, 2.24) is 19.9 Å². The number of nitrogens with one attached hydrogen (secondary N) is 2. The molecule has 228 valence electrons. The maximum Gasteiger partial charge on any atom is 0.375 e. The highest BCUT2D eigenvalue weighted by atomic mass is 16.5. The molecule has 0 atom stereocenters. The smallest absolute Gasteiger partial charge is 0.375 e. The number of imidazole rings is 2. The van der Waals surface area contributed by atoms with Crippen LogP contribution in [0.2, 0.25) is 0 Å². The van der Waals surface area contributed by atoms with Crippen LogP contribution in [0, 0.1) is 0 Å². The first-order chi connectivity index (χ1) is 19.6. The lowest BCUT2D eigenvalue weighted by atomic mass is 10.3. The van der Waals surface area contributed by atoms with Crippen molar-refractivity contribution < 1.29 is 73.3 Å². The number of carboxylic acid groups (broad SMARTS) is 6. The van der Waals surface area contributed by atoms with E-state index in [0.29, 0.717) is 24.5 Å². The van der Waals surface area contributed by atoms with E-state index in [2.05, 4.69) is 24.4 Å². The number of hydrogen-bond donors (Lipinski definition) is 8. The summed E-state index contributed by atoms with van der Waals surface area (Å²) in [5.41, 5.74) is -1.60. The average Bonchev–Trinajstić information content (AvgIpc) is 3.64. The number of methoxy groups -OCH3 is 2. The summed E-state index contributed by atoms with van der Waals surface area (Å²) >= 11 is 0. The van der Waals surface area contributed by atoms with Crippen molar-refractivity contribution in [1.29, 1.82) is 0 Å². The molecular formula is C23H26N4O15. The van der Waals surface area contributed by atoms with Gasteiger partial charge in [-0.05, 0) is 6.42 Å². The van der Waals surface area contributed by atoms with Crippen LogP contribution < -0.4 is 9.47 Å². The summed E-state index contributed by atoms with van der Waals surface area (Å²) in [5.74, 6) is -9.12. The van der Waals surface area contributed by atoms with Gasteiger partial charge in [0.15, 0.2) is 22.8 Å². The predicted molar refractivity (Wildman–Crippen MR) is 134 cm³/mol. The van der Waals surface area contributed by atoms with Gasteiger partial charge in [-0.15, -0.1) is 0 Å². The van der Waals surface area contributed by atoms with Crippen LogP contribution >= 0.6 is 0 Å². The van der Waals surface area contributed by atoms with E-state index in [-0.39, 0.29) is 22.9 Å². The zero-order chi connectivity index (χ0) is 32.3. The number of carboxylic acids is 6. The van der Waals surface area contributed by atoms with Crippen LogP contribution in [0.3, 0.4) is 0 Å². The largest absolute Gasteiger partial charge is 0.489 e. The van der Waals surface area contributed by atoms with Gasteiger partial charge in [-0.2, -0.15) is 0 Å². The minimum Gasteiger partial charge on any atom is -0.489 e. The average molecular weight is 598 g/mol. The number of nitrogens with zero attached hydrogens (tertiary/aromatic N) is 2. The monoisotopic (exact) mass is 598 g/mol. The molecule has 19 nitrogen and oxygen atoms in total. The highest BCUT2D eigenvalue weighted by Crippen LogP contribution is 2.37. The lowest BCUT2D eigenvalue weighted by molar-refractivity contribution is 0.0621. The molecule has 3 aromatic heterocycles. The fourth-order valence-electron chi connectivity index (χ4n) is 3.04. The molecule has 19 heteroatoms. The standard InChI is InChI=1S/C8H10N2O4.C8H8O7.C7H8N2O4/c1-2-3-4-9-5(7(11)12)6(10-4)8(13)14;1-13-3-4(14-2)6(8(11)12)15-5(3)7(9)10;1-2-3-8-4(6(10)11)5(9-3)7(12)13/h2-3H2,1H3,(H,9,10)(H,11,12)(H,13,14);1-2H3,(H,9,10)(H,11,12);2H2,1H3,(H,8,9)(H,10,11)(H,12,13). The van der Waals surface area contributed by atoms with Gasteiger partial charge >= 0.3 is 35.8 Å². The van der Waals surface area contributed by atoms with Crippen LogP contribution in [0.4, 0.5) is 0 Å². The van der Waals surface area contributed by atoms with Gasteiger partial charge in [0, 0.05) is 12.8 Å². The third kappa shape index (κ3) is 8.31. The van der Waals surface area contributed by atoms with Gasteiger partial charge in [-0.3, -0.25) is 0 Å². The number of furan rings is 1. The Morgan fingerprint density at radius 3 is 1.29 bits per heavy atom. The first-order valence-corrected chi connectivity index (χ1v) is 11.5. The Hall–Kier alpha value is -5.88. The van der Waals surface area contributed by atoms with E-state index in [4.69, 9.17) is 40.1 Å². The lowest BCUT2D eigenvalue weighted by Crippen LogP contribution is -2.07. The van der Waals surface area contributed by atoms with Crippen molar-refractivity contribution in [2.24, 2.45) is 0 Å². The fraction of sp³-hybridized carbons (Fsp3) is 0.304. The second-order valence-electron chi connectivity index (χ2n) is 7.58. The van der Waals surface area contributed by atoms with E-state index in [1.54, 1.807) is 6.92 Å². The molecule has 0 saturated heterocycles. The van der Waals surface area contributed by atoms with Gasteiger partial charge in [0.1, 0.15) is 11.6 Å². The summed E-state index contributed by atoms with van der Waals surface area (Å²) in [6.07, 6.45) is 1.77. The molecule has 0 spiro atoms. The molecular weight excluding hydrogens is 572 g/mol. The number of aromatic amines is 2. The molecule has 0 saturated carbocycles. The van der Waals surface area contributed by atoms with Gasteiger partial charge in [0.25, 0.3) is 11.5 Å². The molecule has 3 heterocycles. The second-order valence-corrected chi connectivity index (χ2v) is 7.58. The molecule has 3 aromatic rings. The van der Waals surface area contributed by atoms with Crippen molar-refractivity contribution in [2.75, 3.05) is 14.2 Å². The maximum absolute atomic E-state index is 10.7. The van der Waals surface area contributed by atoms with Crippen LogP contribution in [0.25, 0.3) is 0 Å². The summed E-state index contributed by atoms with van der Waals surface area (Å²) < 4.78 is 14.0. The van der Waals surface area contributed by atoms with Crippen molar-refractivity contribution in [3.8, 4) is 11.5 Å². The molecule has 8 N–H and O–H groups in total. The topological polar surface area (TPSA) is 313 Å². The Morgan fingerprint density at radius 2 is 1.02 bits per heavy atom. The van der Waals surface area contributed by atoms with E-state index in [0.717, 1.165) is 6.42 Å². The van der Waals surface area contributed by atoms with Crippen molar-refractivity contribution in [3.05, 3.63) is 45.9 Å². The van der Waals surface area contributed by atoms with Gasteiger partial charge in [-0.1, -0.05) is 13.8 Å². The van der Waals surface area contributed by atoms with Gasteiger partial charge in [-0.25, -0.2) is 38.7 Å². The number of aryl methyl sites for hydroxylation is 2. The summed E-state index contributed by atoms with van der Waals surface area (Å²) in [6.45, 7) is 3.64. The number of aromatic nitrogens is 4. The van der Waals surface area contributed by atoms with Gasteiger partial charge in [0.05, 0.1) is 14.2 Å². The zero-order valence-corrected chi connectivity index (χ0v) is 22.4. The van der Waals surface area contributed by atoms with Crippen LogP contribution in [0.1, 0.15) is 95.0 Å². The van der Waals surface area contributed by atoms with E-state index in [9.17, 15) is 28.8 Å². The number of H-pyrrole nitrogens is 2. The molecule has 0 bridgehead atoms. The molecule has 0 aliphatic rings. The van der Waals surface area contributed by atoms with E-state index in [1.807, 2.05) is 6.92 Å². The third-order valence-electron chi connectivity index (χ3n) is 4.78. The van der Waals surface area contributed by atoms with E-state index >= 15 is 0 Å². The number of ether oxygens (including phenoxy) is 2. The Balaban J connectivity index is 0.000000316. The molecule has 0 unspecified atom stereocenters. The SMILES string of the molecule is CCCc1nc(C(=O)O)c(C(=O)O)[nH]1.CCc1nc(C(=O)O)c(C(=O)O)[nH]1.COc1c(C(=O)O)oc(C(=O)O)c1OC. The summed E-state index contributed by atoms with van der Waals surface area (Å²) in [5, 5.41) is 51.9. The van der Waals surface area contributed by atoms with Gasteiger partial charge in [0.2, 0.25) is 11.5 Å². The minimum atomic E-state index is -1.43. The first-order valence-electron chi connectivity index (χ1n) is 11.5. The quantitative estimate of drug-likeness (QED) is 0.156. The second kappa shape index (κ2) is 15.1. The molecule has 0 aliphatic heterocycles. The molecule has 3 rings (SSSR count). The number of rotatable bonds is 11. The van der Waals surface area contributed by atoms with Crippen LogP contribution in [0.15, 0.2) is 4.42 Å². The Morgan fingerprint density at radius 1 is 0.643 bits per heavy atom. The summed E-state index contributed by atoms with van der Waals surface area (Å²) in [4.78, 5) is 75.8.